The number of fused-ring (bicyclic) bond motifs is 1. The van der Waals surface area contributed by atoms with Crippen molar-refractivity contribution in [1.82, 2.24) is 4.57 Å². The van der Waals surface area contributed by atoms with Crippen LogP contribution in [-0.2, 0) is 5.41 Å². The van der Waals surface area contributed by atoms with E-state index in [0.717, 1.165) is 15.2 Å². The summed E-state index contributed by atoms with van der Waals surface area (Å²) in [6, 6.07) is 14.6. The largest absolute Gasteiger partial charge is 0.315 e. The van der Waals surface area contributed by atoms with E-state index in [-0.39, 0.29) is 5.41 Å². The molecule has 0 unspecified atom stereocenters. The summed E-state index contributed by atoms with van der Waals surface area (Å²) < 4.78 is 3.27. The molecule has 1 aromatic heterocycles. The highest BCUT2D eigenvalue weighted by atomic mass is 79.9. The van der Waals surface area contributed by atoms with Gasteiger partial charge in [-0.15, -0.1) is 0 Å². The van der Waals surface area contributed by atoms with Gasteiger partial charge in [-0.1, -0.05) is 50.6 Å². The molecule has 0 spiro atoms. The average molecular weight is 363 g/mol. The Kier molecular flexibility index (Phi) is 3.62. The topological polar surface area (TPSA) is 4.93 Å². The van der Waals surface area contributed by atoms with Crippen molar-refractivity contribution >= 4 is 38.4 Å². The summed E-state index contributed by atoms with van der Waals surface area (Å²) >= 11 is 9.98. The van der Waals surface area contributed by atoms with E-state index >= 15 is 0 Å². The molecule has 0 amide bonds. The van der Waals surface area contributed by atoms with Gasteiger partial charge in [0.05, 0.1) is 5.52 Å². The SMILES string of the molecule is CC(C)(C)c1cc(Cl)cc(-n2cc(Br)c3ccccc32)c1. The highest BCUT2D eigenvalue weighted by molar-refractivity contribution is 9.10. The summed E-state index contributed by atoms with van der Waals surface area (Å²) in [4.78, 5) is 0. The zero-order chi connectivity index (χ0) is 15.2. The number of rotatable bonds is 1. The van der Waals surface area contributed by atoms with Gasteiger partial charge in [-0.05, 0) is 51.2 Å². The predicted octanol–water partition coefficient (Wildman–Crippen LogP) is 6.34. The Balaban J connectivity index is 2.26. The molecule has 108 valence electrons. The smallest absolute Gasteiger partial charge is 0.0540 e. The lowest BCUT2D eigenvalue weighted by molar-refractivity contribution is 0.590. The Morgan fingerprint density at radius 1 is 1.05 bits per heavy atom. The first-order valence-electron chi connectivity index (χ1n) is 6.93. The van der Waals surface area contributed by atoms with Gasteiger partial charge < -0.3 is 4.57 Å². The Labute approximate surface area is 138 Å². The first kappa shape index (κ1) is 14.7. The molecule has 3 aromatic rings. The van der Waals surface area contributed by atoms with Crippen LogP contribution in [0.4, 0.5) is 0 Å². The summed E-state index contributed by atoms with van der Waals surface area (Å²) in [5.41, 5.74) is 3.57. The average Bonchev–Trinajstić information content (AvgIpc) is 2.75. The van der Waals surface area contributed by atoms with Crippen molar-refractivity contribution in [1.29, 1.82) is 0 Å². The zero-order valence-electron chi connectivity index (χ0n) is 12.3. The molecule has 0 aliphatic heterocycles. The second-order valence-electron chi connectivity index (χ2n) is 6.31. The lowest BCUT2D eigenvalue weighted by Gasteiger charge is -2.21. The van der Waals surface area contributed by atoms with Crippen molar-refractivity contribution in [3.63, 3.8) is 0 Å². The number of nitrogens with zero attached hydrogens (tertiary/aromatic N) is 1. The fourth-order valence-corrected chi connectivity index (χ4v) is 3.27. The standard InChI is InChI=1S/C18H17BrClN/c1-18(2,3)12-8-13(20)10-14(9-12)21-11-16(19)15-6-4-5-7-17(15)21/h4-11H,1-3H3. The van der Waals surface area contributed by atoms with Crippen LogP contribution in [0, 0.1) is 0 Å². The maximum atomic E-state index is 6.34. The summed E-state index contributed by atoms with van der Waals surface area (Å²) in [6.45, 7) is 6.60. The van der Waals surface area contributed by atoms with Crippen molar-refractivity contribution < 1.29 is 0 Å². The second kappa shape index (κ2) is 5.19. The summed E-state index contributed by atoms with van der Waals surface area (Å²) in [5, 5.41) is 1.97. The van der Waals surface area contributed by atoms with Gasteiger partial charge >= 0.3 is 0 Å². The number of benzene rings is 2. The molecule has 0 bridgehead atoms. The Bertz CT molecular complexity index is 812. The van der Waals surface area contributed by atoms with E-state index in [1.807, 2.05) is 12.1 Å². The van der Waals surface area contributed by atoms with E-state index in [2.05, 4.69) is 77.8 Å². The van der Waals surface area contributed by atoms with Gasteiger partial charge in [0.2, 0.25) is 0 Å². The normalized spacial score (nSPS) is 12.0. The van der Waals surface area contributed by atoms with E-state index in [0.29, 0.717) is 0 Å². The van der Waals surface area contributed by atoms with Crippen molar-refractivity contribution in [2.45, 2.75) is 26.2 Å². The van der Waals surface area contributed by atoms with Crippen LogP contribution in [-0.4, -0.2) is 4.57 Å². The molecule has 0 saturated heterocycles. The third kappa shape index (κ3) is 2.75. The number of para-hydroxylation sites is 1. The van der Waals surface area contributed by atoms with Crippen LogP contribution in [0.25, 0.3) is 16.6 Å². The molecule has 3 rings (SSSR count). The van der Waals surface area contributed by atoms with Crippen LogP contribution < -0.4 is 0 Å². The van der Waals surface area contributed by atoms with Gasteiger partial charge in [-0.3, -0.25) is 0 Å². The second-order valence-corrected chi connectivity index (χ2v) is 7.60. The van der Waals surface area contributed by atoms with Gasteiger partial charge in [-0.25, -0.2) is 0 Å². The number of hydrogen-bond acceptors (Lipinski definition) is 0. The minimum Gasteiger partial charge on any atom is -0.315 e. The van der Waals surface area contributed by atoms with E-state index in [9.17, 15) is 0 Å². The Morgan fingerprint density at radius 2 is 1.76 bits per heavy atom. The molecule has 0 fully saturated rings. The minimum absolute atomic E-state index is 0.0693. The van der Waals surface area contributed by atoms with Crippen molar-refractivity contribution in [3.05, 3.63) is 63.7 Å². The van der Waals surface area contributed by atoms with Gasteiger partial charge in [-0.2, -0.15) is 0 Å². The van der Waals surface area contributed by atoms with E-state index in [1.54, 1.807) is 0 Å². The molecule has 1 nitrogen and oxygen atoms in total. The summed E-state index contributed by atoms with van der Waals surface area (Å²) in [7, 11) is 0. The lowest BCUT2D eigenvalue weighted by atomic mass is 9.87. The maximum absolute atomic E-state index is 6.34. The molecule has 0 N–H and O–H groups in total. The van der Waals surface area contributed by atoms with Crippen molar-refractivity contribution in [2.24, 2.45) is 0 Å². The van der Waals surface area contributed by atoms with Crippen LogP contribution in [0.15, 0.2) is 53.1 Å². The zero-order valence-corrected chi connectivity index (χ0v) is 14.7. The molecule has 0 radical (unpaired) electrons. The summed E-state index contributed by atoms with van der Waals surface area (Å²) in [6.07, 6.45) is 2.10. The van der Waals surface area contributed by atoms with E-state index in [4.69, 9.17) is 11.6 Å². The third-order valence-electron chi connectivity index (χ3n) is 3.69. The predicted molar refractivity (Wildman–Crippen MR) is 94.7 cm³/mol. The first-order valence-corrected chi connectivity index (χ1v) is 8.10. The van der Waals surface area contributed by atoms with Gasteiger partial charge in [0, 0.05) is 26.8 Å². The van der Waals surface area contributed by atoms with Crippen LogP contribution >= 0.6 is 27.5 Å². The highest BCUT2D eigenvalue weighted by Gasteiger charge is 2.16. The van der Waals surface area contributed by atoms with Crippen LogP contribution in [0.3, 0.4) is 0 Å². The first-order chi connectivity index (χ1) is 9.86. The van der Waals surface area contributed by atoms with Gasteiger partial charge in [0.15, 0.2) is 0 Å². The molecule has 0 saturated carbocycles. The van der Waals surface area contributed by atoms with Gasteiger partial charge in [0.25, 0.3) is 0 Å². The van der Waals surface area contributed by atoms with Crippen molar-refractivity contribution in [3.8, 4) is 5.69 Å². The number of aromatic nitrogens is 1. The molecular formula is C18H17BrClN. The molecule has 2 aromatic carbocycles. The lowest BCUT2D eigenvalue weighted by Crippen LogP contribution is -2.11. The molecule has 0 atom stereocenters. The fourth-order valence-electron chi connectivity index (χ4n) is 2.50. The molecule has 1 heterocycles. The number of halogens is 2. The Hall–Kier alpha value is -1.25. The molecule has 3 heteroatoms. The van der Waals surface area contributed by atoms with Crippen molar-refractivity contribution in [2.75, 3.05) is 0 Å². The molecule has 0 aliphatic rings. The van der Waals surface area contributed by atoms with Crippen LogP contribution in [0.5, 0.6) is 0 Å². The van der Waals surface area contributed by atoms with E-state index in [1.165, 1.54) is 16.5 Å². The third-order valence-corrected chi connectivity index (χ3v) is 4.54. The Morgan fingerprint density at radius 3 is 2.48 bits per heavy atom. The van der Waals surface area contributed by atoms with Gasteiger partial charge in [0.1, 0.15) is 0 Å². The molecule has 0 aliphatic carbocycles. The monoisotopic (exact) mass is 361 g/mol. The maximum Gasteiger partial charge on any atom is 0.0540 e. The fraction of sp³-hybridized carbons (Fsp3) is 0.222. The minimum atomic E-state index is 0.0693. The highest BCUT2D eigenvalue weighted by Crippen LogP contribution is 2.32. The van der Waals surface area contributed by atoms with Crippen LogP contribution in [0.1, 0.15) is 26.3 Å². The van der Waals surface area contributed by atoms with Crippen LogP contribution in [0.2, 0.25) is 5.02 Å². The van der Waals surface area contributed by atoms with E-state index < -0.39 is 0 Å². The summed E-state index contributed by atoms with van der Waals surface area (Å²) in [5.74, 6) is 0. The number of hydrogen-bond donors (Lipinski definition) is 0. The molecular weight excluding hydrogens is 346 g/mol. The quantitative estimate of drug-likeness (QED) is 0.475. The molecule has 21 heavy (non-hydrogen) atoms.